The number of carbonyl (C=O) groups excluding carboxylic acids is 1. The van der Waals surface area contributed by atoms with E-state index in [1.165, 1.54) is 38.5 Å². The van der Waals surface area contributed by atoms with Gasteiger partial charge in [0.15, 0.2) is 0 Å². The highest BCUT2D eigenvalue weighted by atomic mass is 16.3. The van der Waals surface area contributed by atoms with Gasteiger partial charge in [0.2, 0.25) is 5.91 Å². The number of amides is 1. The van der Waals surface area contributed by atoms with Crippen molar-refractivity contribution in [3.05, 3.63) is 0 Å². The van der Waals surface area contributed by atoms with E-state index in [2.05, 4.69) is 4.90 Å². The summed E-state index contributed by atoms with van der Waals surface area (Å²) in [7, 11) is 0. The zero-order chi connectivity index (χ0) is 14.0. The molecule has 2 saturated carbocycles. The molecule has 2 unspecified atom stereocenters. The van der Waals surface area contributed by atoms with Gasteiger partial charge in [-0.15, -0.1) is 0 Å². The summed E-state index contributed by atoms with van der Waals surface area (Å²) in [6, 6.07) is 0. The fourth-order valence-electron chi connectivity index (χ4n) is 4.56. The molecule has 3 nitrogen and oxygen atoms in total. The average molecular weight is 279 g/mol. The van der Waals surface area contributed by atoms with Gasteiger partial charge >= 0.3 is 0 Å². The molecule has 3 rings (SSSR count). The summed E-state index contributed by atoms with van der Waals surface area (Å²) in [5.74, 6) is 1.31. The SMILES string of the molecule is O=C(CC1CCCCC1)N1CCC2(O)CCCCC2C1. The van der Waals surface area contributed by atoms with Crippen molar-refractivity contribution < 1.29 is 9.90 Å². The fraction of sp³-hybridized carbons (Fsp3) is 0.941. The van der Waals surface area contributed by atoms with E-state index in [9.17, 15) is 9.90 Å². The highest BCUT2D eigenvalue weighted by molar-refractivity contribution is 5.76. The Bertz CT molecular complexity index is 351. The lowest BCUT2D eigenvalue weighted by molar-refractivity contribution is -0.144. The van der Waals surface area contributed by atoms with Crippen LogP contribution in [0.4, 0.5) is 0 Å². The lowest BCUT2D eigenvalue weighted by Crippen LogP contribution is -2.54. The number of fused-ring (bicyclic) bond motifs is 1. The second-order valence-corrected chi connectivity index (χ2v) is 7.34. The summed E-state index contributed by atoms with van der Waals surface area (Å²) < 4.78 is 0. The second kappa shape index (κ2) is 6.05. The number of nitrogens with zero attached hydrogens (tertiary/aromatic N) is 1. The highest BCUT2D eigenvalue weighted by Crippen LogP contribution is 2.40. The molecule has 3 aliphatic rings. The van der Waals surface area contributed by atoms with Gasteiger partial charge in [0.1, 0.15) is 0 Å². The molecule has 0 aromatic heterocycles. The summed E-state index contributed by atoms with van der Waals surface area (Å²) in [6.45, 7) is 1.58. The first-order valence-corrected chi connectivity index (χ1v) is 8.67. The van der Waals surface area contributed by atoms with Crippen molar-refractivity contribution in [1.29, 1.82) is 0 Å². The Morgan fingerprint density at radius 3 is 2.60 bits per heavy atom. The van der Waals surface area contributed by atoms with Gasteiger partial charge < -0.3 is 10.0 Å². The third-order valence-electron chi connectivity index (χ3n) is 5.97. The summed E-state index contributed by atoms with van der Waals surface area (Å²) in [6.07, 6.45) is 12.4. The van der Waals surface area contributed by atoms with Crippen LogP contribution in [-0.4, -0.2) is 34.6 Å². The fourth-order valence-corrected chi connectivity index (χ4v) is 4.56. The van der Waals surface area contributed by atoms with Crippen molar-refractivity contribution >= 4 is 5.91 Å². The lowest BCUT2D eigenvalue weighted by atomic mass is 9.71. The summed E-state index contributed by atoms with van der Waals surface area (Å²) in [4.78, 5) is 14.5. The summed E-state index contributed by atoms with van der Waals surface area (Å²) in [5.41, 5.74) is -0.458. The standard InChI is InChI=1S/C17H29NO2/c19-16(12-14-6-2-1-3-7-14)18-11-10-17(20)9-5-4-8-15(17)13-18/h14-15,20H,1-13H2. The normalized spacial score (nSPS) is 35.6. The third-order valence-corrected chi connectivity index (χ3v) is 5.97. The van der Waals surface area contributed by atoms with Crippen LogP contribution in [0.2, 0.25) is 0 Å². The molecule has 1 saturated heterocycles. The highest BCUT2D eigenvalue weighted by Gasteiger charge is 2.43. The molecular weight excluding hydrogens is 250 g/mol. The van der Waals surface area contributed by atoms with Gasteiger partial charge in [-0.1, -0.05) is 32.1 Å². The Balaban J connectivity index is 1.54. The molecule has 2 aliphatic carbocycles. The molecule has 3 heteroatoms. The number of hydrogen-bond donors (Lipinski definition) is 1. The smallest absolute Gasteiger partial charge is 0.222 e. The minimum Gasteiger partial charge on any atom is -0.389 e. The van der Waals surface area contributed by atoms with Gasteiger partial charge in [-0.05, 0) is 38.0 Å². The topological polar surface area (TPSA) is 40.5 Å². The molecule has 114 valence electrons. The van der Waals surface area contributed by atoms with Gasteiger partial charge in [-0.3, -0.25) is 4.79 Å². The molecule has 0 radical (unpaired) electrons. The zero-order valence-corrected chi connectivity index (χ0v) is 12.6. The summed E-state index contributed by atoms with van der Waals surface area (Å²) >= 11 is 0. The quantitative estimate of drug-likeness (QED) is 0.843. The largest absolute Gasteiger partial charge is 0.389 e. The van der Waals surface area contributed by atoms with Crippen LogP contribution in [0.15, 0.2) is 0 Å². The van der Waals surface area contributed by atoms with Crippen molar-refractivity contribution in [2.45, 2.75) is 76.2 Å². The van der Waals surface area contributed by atoms with Crippen LogP contribution in [0.1, 0.15) is 70.6 Å². The Morgan fingerprint density at radius 1 is 1.05 bits per heavy atom. The maximum absolute atomic E-state index is 12.5. The van der Waals surface area contributed by atoms with Gasteiger partial charge in [-0.25, -0.2) is 0 Å². The van der Waals surface area contributed by atoms with E-state index in [1.807, 2.05) is 0 Å². The molecule has 0 aromatic carbocycles. The van der Waals surface area contributed by atoms with Crippen LogP contribution in [0.25, 0.3) is 0 Å². The van der Waals surface area contributed by atoms with Crippen LogP contribution in [0, 0.1) is 11.8 Å². The first-order valence-electron chi connectivity index (χ1n) is 8.67. The molecule has 20 heavy (non-hydrogen) atoms. The molecule has 0 spiro atoms. The van der Waals surface area contributed by atoms with E-state index < -0.39 is 5.60 Å². The third kappa shape index (κ3) is 3.03. The molecule has 2 atom stereocenters. The van der Waals surface area contributed by atoms with Crippen molar-refractivity contribution in [1.82, 2.24) is 4.90 Å². The number of hydrogen-bond acceptors (Lipinski definition) is 2. The lowest BCUT2D eigenvalue weighted by Gasteiger charge is -2.47. The number of piperidine rings is 1. The Hall–Kier alpha value is -0.570. The number of aliphatic hydroxyl groups is 1. The van der Waals surface area contributed by atoms with Crippen molar-refractivity contribution in [3.63, 3.8) is 0 Å². The van der Waals surface area contributed by atoms with Gasteiger partial charge in [0.25, 0.3) is 0 Å². The molecule has 1 N–H and O–H groups in total. The Labute approximate surface area is 122 Å². The van der Waals surface area contributed by atoms with E-state index in [1.54, 1.807) is 0 Å². The van der Waals surface area contributed by atoms with Gasteiger partial charge in [-0.2, -0.15) is 0 Å². The van der Waals surface area contributed by atoms with Gasteiger partial charge in [0, 0.05) is 25.4 Å². The van der Waals surface area contributed by atoms with Crippen LogP contribution in [-0.2, 0) is 4.79 Å². The first kappa shape index (κ1) is 14.4. The maximum atomic E-state index is 12.5. The van der Waals surface area contributed by atoms with Crippen molar-refractivity contribution in [3.8, 4) is 0 Å². The van der Waals surface area contributed by atoms with Crippen LogP contribution in [0.5, 0.6) is 0 Å². The second-order valence-electron chi connectivity index (χ2n) is 7.34. The molecule has 1 heterocycles. The van der Waals surface area contributed by atoms with Crippen LogP contribution >= 0.6 is 0 Å². The Kier molecular flexibility index (Phi) is 4.34. The monoisotopic (exact) mass is 279 g/mol. The minimum absolute atomic E-state index is 0.334. The zero-order valence-electron chi connectivity index (χ0n) is 12.6. The Morgan fingerprint density at radius 2 is 1.80 bits per heavy atom. The minimum atomic E-state index is -0.458. The van der Waals surface area contributed by atoms with Crippen molar-refractivity contribution in [2.24, 2.45) is 11.8 Å². The average Bonchev–Trinajstić information content (AvgIpc) is 2.47. The van der Waals surface area contributed by atoms with Crippen LogP contribution < -0.4 is 0 Å². The summed E-state index contributed by atoms with van der Waals surface area (Å²) in [5, 5.41) is 10.7. The van der Waals surface area contributed by atoms with E-state index in [4.69, 9.17) is 0 Å². The molecule has 3 fully saturated rings. The van der Waals surface area contributed by atoms with E-state index in [0.29, 0.717) is 17.7 Å². The number of rotatable bonds is 2. The number of likely N-dealkylation sites (tertiary alicyclic amines) is 1. The molecular formula is C17H29NO2. The molecule has 1 aliphatic heterocycles. The predicted molar refractivity (Wildman–Crippen MR) is 79.3 cm³/mol. The maximum Gasteiger partial charge on any atom is 0.222 e. The first-order chi connectivity index (χ1) is 9.67. The molecule has 0 aromatic rings. The van der Waals surface area contributed by atoms with E-state index in [-0.39, 0.29) is 0 Å². The molecule has 1 amide bonds. The van der Waals surface area contributed by atoms with Crippen LogP contribution in [0.3, 0.4) is 0 Å². The predicted octanol–water partition coefficient (Wildman–Crippen LogP) is 3.11. The molecule has 0 bridgehead atoms. The van der Waals surface area contributed by atoms with Crippen molar-refractivity contribution in [2.75, 3.05) is 13.1 Å². The number of carbonyl (C=O) groups is 1. The van der Waals surface area contributed by atoms with E-state index in [0.717, 1.165) is 45.2 Å². The van der Waals surface area contributed by atoms with Gasteiger partial charge in [0.05, 0.1) is 5.60 Å². The van der Waals surface area contributed by atoms with E-state index >= 15 is 0 Å².